The fourth-order valence-electron chi connectivity index (χ4n) is 4.61. The molecule has 37 heavy (non-hydrogen) atoms. The first-order valence-electron chi connectivity index (χ1n) is 14.8. The van der Waals surface area contributed by atoms with Gasteiger partial charge in [-0.2, -0.15) is 0 Å². The summed E-state index contributed by atoms with van der Waals surface area (Å²) in [5, 5.41) is 3.00. The first-order chi connectivity index (χ1) is 18.1. The third kappa shape index (κ3) is 14.2. The van der Waals surface area contributed by atoms with Crippen LogP contribution in [-0.4, -0.2) is 44.7 Å². The topological polar surface area (TPSA) is 50.8 Å². The maximum atomic E-state index is 12.4. The largest absolute Gasteiger partial charge is 0.493 e. The van der Waals surface area contributed by atoms with Crippen molar-refractivity contribution in [2.24, 2.45) is 0 Å². The van der Waals surface area contributed by atoms with E-state index in [0.29, 0.717) is 25.3 Å². The fourth-order valence-corrected chi connectivity index (χ4v) is 4.61. The molecule has 1 aliphatic heterocycles. The molecule has 1 aromatic carbocycles. The van der Waals surface area contributed by atoms with Crippen molar-refractivity contribution in [3.8, 4) is 11.5 Å². The first kappa shape index (κ1) is 30.8. The molecule has 5 nitrogen and oxygen atoms in total. The Morgan fingerprint density at radius 1 is 0.892 bits per heavy atom. The zero-order valence-corrected chi connectivity index (χ0v) is 23.9. The van der Waals surface area contributed by atoms with Crippen molar-refractivity contribution >= 4 is 5.91 Å². The Hall–Kier alpha value is -2.43. The van der Waals surface area contributed by atoms with Crippen LogP contribution in [0, 0.1) is 0 Å². The predicted molar refractivity (Wildman–Crippen MR) is 155 cm³/mol. The third-order valence-electron chi connectivity index (χ3n) is 7.02. The number of hydrogen-bond acceptors (Lipinski definition) is 4. The lowest BCUT2D eigenvalue weighted by Gasteiger charge is -2.17. The summed E-state index contributed by atoms with van der Waals surface area (Å²) in [7, 11) is 3.68. The molecule has 1 aliphatic rings. The maximum absolute atomic E-state index is 12.4. The number of amides is 1. The summed E-state index contributed by atoms with van der Waals surface area (Å²) in [6.07, 6.45) is 25.4. The molecule has 0 fully saturated rings. The summed E-state index contributed by atoms with van der Waals surface area (Å²) in [5.74, 6) is 1.45. The highest BCUT2D eigenvalue weighted by molar-refractivity contribution is 5.79. The van der Waals surface area contributed by atoms with Gasteiger partial charge in [-0.3, -0.25) is 4.79 Å². The van der Waals surface area contributed by atoms with E-state index in [1.165, 1.54) is 83.5 Å². The van der Waals surface area contributed by atoms with Crippen LogP contribution in [0.1, 0.15) is 102 Å². The average molecular weight is 513 g/mol. The molecule has 0 saturated carbocycles. The number of carbonyl (C=O) groups is 1. The number of hydrogen-bond donors (Lipinski definition) is 1. The van der Waals surface area contributed by atoms with Gasteiger partial charge in [0.05, 0.1) is 20.1 Å². The zero-order valence-electron chi connectivity index (χ0n) is 23.9. The number of nitrogens with one attached hydrogen (secondary N) is 1. The summed E-state index contributed by atoms with van der Waals surface area (Å²) in [4.78, 5) is 14.5. The second-order valence-corrected chi connectivity index (χ2v) is 10.4. The molecule has 0 aliphatic carbocycles. The van der Waals surface area contributed by atoms with Gasteiger partial charge in [0.25, 0.3) is 0 Å². The second-order valence-electron chi connectivity index (χ2n) is 10.4. The van der Waals surface area contributed by atoms with Crippen molar-refractivity contribution < 1.29 is 14.3 Å². The number of methoxy groups -OCH3 is 1. The smallest absolute Gasteiger partial charge is 0.224 e. The molecule has 0 radical (unpaired) electrons. The maximum Gasteiger partial charge on any atom is 0.224 e. The Bertz CT molecular complexity index is 818. The molecule has 1 N–H and O–H groups in total. The highest BCUT2D eigenvalue weighted by Gasteiger charge is 2.10. The van der Waals surface area contributed by atoms with Crippen LogP contribution in [0.15, 0.2) is 42.1 Å². The van der Waals surface area contributed by atoms with Gasteiger partial charge in [-0.15, -0.1) is 0 Å². The van der Waals surface area contributed by atoms with E-state index in [1.807, 2.05) is 37.5 Å². The number of rotatable bonds is 21. The summed E-state index contributed by atoms with van der Waals surface area (Å²) in [6, 6.07) is 5.79. The predicted octanol–water partition coefficient (Wildman–Crippen LogP) is 7.60. The van der Waals surface area contributed by atoms with Crippen LogP contribution in [0.25, 0.3) is 0 Å². The van der Waals surface area contributed by atoms with Crippen molar-refractivity contribution in [1.29, 1.82) is 0 Å². The molecule has 0 bridgehead atoms. The van der Waals surface area contributed by atoms with E-state index in [9.17, 15) is 4.79 Å². The van der Waals surface area contributed by atoms with E-state index in [0.717, 1.165) is 29.9 Å². The molecular formula is C32H52N2O3. The van der Waals surface area contributed by atoms with Gasteiger partial charge in [-0.25, -0.2) is 0 Å². The second kappa shape index (κ2) is 19.7. The summed E-state index contributed by atoms with van der Waals surface area (Å²) in [5.41, 5.74) is 2.06. The Morgan fingerprint density at radius 2 is 1.51 bits per heavy atom. The van der Waals surface area contributed by atoms with Crippen LogP contribution in [0.4, 0.5) is 0 Å². The number of nitrogens with zero attached hydrogens (tertiary/aromatic N) is 1. The van der Waals surface area contributed by atoms with Crippen LogP contribution in [-0.2, 0) is 11.2 Å². The van der Waals surface area contributed by atoms with Gasteiger partial charge in [-0.05, 0) is 42.0 Å². The highest BCUT2D eigenvalue weighted by atomic mass is 16.5. The van der Waals surface area contributed by atoms with Crippen molar-refractivity contribution in [2.75, 3.05) is 33.9 Å². The Labute approximate surface area is 226 Å². The van der Waals surface area contributed by atoms with Gasteiger partial charge in [-0.1, -0.05) is 103 Å². The minimum atomic E-state index is 0.00589. The number of likely N-dealkylation sites (N-methyl/N-ethyl adjacent to an activating group) is 1. The molecule has 0 aromatic heterocycles. The van der Waals surface area contributed by atoms with E-state index >= 15 is 0 Å². The first-order valence-corrected chi connectivity index (χ1v) is 14.8. The van der Waals surface area contributed by atoms with E-state index in [4.69, 9.17) is 9.47 Å². The van der Waals surface area contributed by atoms with Crippen molar-refractivity contribution in [3.05, 3.63) is 47.7 Å². The van der Waals surface area contributed by atoms with Crippen molar-refractivity contribution in [2.45, 2.75) is 103 Å². The molecule has 208 valence electrons. The van der Waals surface area contributed by atoms with Crippen molar-refractivity contribution in [1.82, 2.24) is 10.2 Å². The SMILES string of the molecule is CCCCCCCCCCCCCCCCOc1ccc(CC(=O)NCC2=CCN(C)C=C2)cc1OC. The van der Waals surface area contributed by atoms with Gasteiger partial charge >= 0.3 is 0 Å². The molecule has 1 amide bonds. The number of ether oxygens (including phenoxy) is 2. The monoisotopic (exact) mass is 512 g/mol. The Morgan fingerprint density at radius 3 is 2.08 bits per heavy atom. The molecule has 5 heteroatoms. The quantitative estimate of drug-likeness (QED) is 0.172. The number of benzene rings is 1. The Balaban J connectivity index is 1.52. The van der Waals surface area contributed by atoms with E-state index < -0.39 is 0 Å². The van der Waals surface area contributed by atoms with Crippen LogP contribution in [0.3, 0.4) is 0 Å². The molecule has 1 aromatic rings. The van der Waals surface area contributed by atoms with E-state index in [2.05, 4.69) is 23.2 Å². The van der Waals surface area contributed by atoms with Gasteiger partial charge in [0.1, 0.15) is 0 Å². The fraction of sp³-hybridized carbons (Fsp3) is 0.656. The normalized spacial score (nSPS) is 12.9. The molecule has 1 heterocycles. The van der Waals surface area contributed by atoms with Crippen LogP contribution >= 0.6 is 0 Å². The highest BCUT2D eigenvalue weighted by Crippen LogP contribution is 2.28. The van der Waals surface area contributed by atoms with E-state index in [1.54, 1.807) is 7.11 Å². The van der Waals surface area contributed by atoms with Crippen LogP contribution in [0.5, 0.6) is 11.5 Å². The molecular weight excluding hydrogens is 460 g/mol. The summed E-state index contributed by atoms with van der Waals surface area (Å²) >= 11 is 0. The lowest BCUT2D eigenvalue weighted by atomic mass is 10.0. The number of unbranched alkanes of at least 4 members (excludes halogenated alkanes) is 13. The minimum absolute atomic E-state index is 0.00589. The van der Waals surface area contributed by atoms with Crippen LogP contribution in [0.2, 0.25) is 0 Å². The van der Waals surface area contributed by atoms with Gasteiger partial charge in [0.2, 0.25) is 5.91 Å². The molecule has 0 unspecified atom stereocenters. The van der Waals surface area contributed by atoms with E-state index in [-0.39, 0.29) is 5.91 Å². The zero-order chi connectivity index (χ0) is 26.6. The van der Waals surface area contributed by atoms with Crippen LogP contribution < -0.4 is 14.8 Å². The van der Waals surface area contributed by atoms with Gasteiger partial charge in [0, 0.05) is 20.1 Å². The number of carbonyl (C=O) groups excluding carboxylic acids is 1. The molecule has 0 saturated heterocycles. The minimum Gasteiger partial charge on any atom is -0.493 e. The summed E-state index contributed by atoms with van der Waals surface area (Å²) in [6.45, 7) is 4.41. The standard InChI is InChI=1S/C32H52N2O3/c1-4-5-6-7-8-9-10-11-12-13-14-15-16-17-24-37-30-19-18-29(25-31(30)36-3)26-32(35)33-27-28-20-22-34(2)23-21-28/h18-22,25H,4-17,23-24,26-27H2,1-3H3,(H,33,35). The summed E-state index contributed by atoms with van der Waals surface area (Å²) < 4.78 is 11.5. The lowest BCUT2D eigenvalue weighted by molar-refractivity contribution is -0.120. The molecule has 0 atom stereocenters. The molecule has 2 rings (SSSR count). The Kier molecular flexibility index (Phi) is 16.4. The molecule has 0 spiro atoms. The average Bonchev–Trinajstić information content (AvgIpc) is 2.91. The van der Waals surface area contributed by atoms with Crippen molar-refractivity contribution in [3.63, 3.8) is 0 Å². The van der Waals surface area contributed by atoms with Gasteiger partial charge in [0.15, 0.2) is 11.5 Å². The lowest BCUT2D eigenvalue weighted by Crippen LogP contribution is -2.28. The third-order valence-corrected chi connectivity index (χ3v) is 7.02. The van der Waals surface area contributed by atoms with Gasteiger partial charge < -0.3 is 19.7 Å².